The maximum absolute atomic E-state index is 10.9. The number of ether oxygens (including phenoxy) is 1. The van der Waals surface area contributed by atoms with Gasteiger partial charge in [-0.1, -0.05) is 0 Å². The first-order chi connectivity index (χ1) is 5.87. The highest BCUT2D eigenvalue weighted by Crippen LogP contribution is 2.05. The molecule has 0 saturated carbocycles. The minimum absolute atomic E-state index is 0.167. The zero-order chi connectivity index (χ0) is 10.5. The van der Waals surface area contributed by atoms with Crippen LogP contribution in [0.25, 0.3) is 0 Å². The van der Waals surface area contributed by atoms with E-state index in [0.29, 0.717) is 13.2 Å². The number of rotatable bonds is 3. The quantitative estimate of drug-likeness (QED) is 0.608. The van der Waals surface area contributed by atoms with Crippen molar-refractivity contribution in [1.29, 1.82) is 0 Å². The molecule has 0 aliphatic heterocycles. The van der Waals surface area contributed by atoms with Crippen LogP contribution in [0, 0.1) is 12.3 Å². The van der Waals surface area contributed by atoms with Gasteiger partial charge in [0.15, 0.2) is 0 Å². The molecule has 0 radical (unpaired) electrons. The van der Waals surface area contributed by atoms with Crippen molar-refractivity contribution in [2.75, 3.05) is 20.2 Å². The molecule has 0 spiro atoms. The van der Waals surface area contributed by atoms with Crippen LogP contribution in [-0.2, 0) is 9.53 Å². The summed E-state index contributed by atoms with van der Waals surface area (Å²) in [6.45, 7) is 6.94. The predicted molar refractivity (Wildman–Crippen MR) is 52.2 cm³/mol. The molecule has 0 aliphatic carbocycles. The second-order valence-corrected chi connectivity index (χ2v) is 3.83. The summed E-state index contributed by atoms with van der Waals surface area (Å²) in [6, 6.07) is 0. The van der Waals surface area contributed by atoms with Crippen molar-refractivity contribution in [2.45, 2.75) is 26.4 Å². The maximum atomic E-state index is 10.9. The molecular weight excluding hydrogens is 166 g/mol. The van der Waals surface area contributed by atoms with Gasteiger partial charge in [-0.2, -0.15) is 0 Å². The van der Waals surface area contributed by atoms with Crippen molar-refractivity contribution < 1.29 is 9.53 Å². The van der Waals surface area contributed by atoms with Gasteiger partial charge in [0.2, 0.25) is 0 Å². The van der Waals surface area contributed by atoms with Crippen molar-refractivity contribution in [3.63, 3.8) is 0 Å². The average Bonchev–Trinajstić information content (AvgIpc) is 2.00. The van der Waals surface area contributed by atoms with Crippen LogP contribution in [0.4, 0.5) is 0 Å². The Kier molecular flexibility index (Phi) is 4.50. The fourth-order valence-corrected chi connectivity index (χ4v) is 0.700. The standard InChI is InChI=1S/C10H17NO2/c1-6-9(12)11(5)7-8-13-10(2,3)4/h1H,7-8H2,2-5H3. The predicted octanol–water partition coefficient (Wildman–Crippen LogP) is 0.893. The molecule has 0 aromatic heterocycles. The highest BCUT2D eigenvalue weighted by Gasteiger charge is 2.11. The first kappa shape index (κ1) is 12.0. The zero-order valence-electron chi connectivity index (χ0n) is 8.76. The van der Waals surface area contributed by atoms with Gasteiger partial charge in [-0.3, -0.25) is 4.79 Å². The molecule has 0 atom stereocenters. The second kappa shape index (κ2) is 4.88. The SMILES string of the molecule is C#CC(=O)N(C)CCOC(C)(C)C. The number of terminal acetylenes is 1. The van der Waals surface area contributed by atoms with Gasteiger partial charge in [-0.05, 0) is 26.7 Å². The Morgan fingerprint density at radius 3 is 2.46 bits per heavy atom. The average molecular weight is 183 g/mol. The fourth-order valence-electron chi connectivity index (χ4n) is 0.700. The lowest BCUT2D eigenvalue weighted by Gasteiger charge is -2.21. The van der Waals surface area contributed by atoms with Gasteiger partial charge in [-0.25, -0.2) is 0 Å². The molecule has 0 N–H and O–H groups in total. The summed E-state index contributed by atoms with van der Waals surface area (Å²) < 4.78 is 5.43. The smallest absolute Gasteiger partial charge is 0.298 e. The molecule has 0 fully saturated rings. The molecule has 3 heteroatoms. The summed E-state index contributed by atoms with van der Waals surface area (Å²) in [5.74, 6) is 1.74. The molecule has 0 rings (SSSR count). The van der Waals surface area contributed by atoms with Crippen LogP contribution < -0.4 is 0 Å². The van der Waals surface area contributed by atoms with E-state index in [0.717, 1.165) is 0 Å². The maximum Gasteiger partial charge on any atom is 0.298 e. The molecule has 0 bridgehead atoms. The summed E-state index contributed by atoms with van der Waals surface area (Å²) in [4.78, 5) is 12.4. The number of carbonyl (C=O) groups excluding carboxylic acids is 1. The Labute approximate surface area is 80.1 Å². The lowest BCUT2D eigenvalue weighted by Crippen LogP contribution is -2.31. The van der Waals surface area contributed by atoms with Crippen LogP contribution in [-0.4, -0.2) is 36.6 Å². The van der Waals surface area contributed by atoms with Crippen molar-refractivity contribution in [3.05, 3.63) is 0 Å². The summed E-state index contributed by atoms with van der Waals surface area (Å²) in [5.41, 5.74) is -0.167. The Hall–Kier alpha value is -1.01. The molecule has 13 heavy (non-hydrogen) atoms. The molecule has 0 aromatic rings. The van der Waals surface area contributed by atoms with E-state index in [4.69, 9.17) is 11.2 Å². The third-order valence-corrected chi connectivity index (χ3v) is 1.43. The minimum Gasteiger partial charge on any atom is -0.374 e. The van der Waals surface area contributed by atoms with Crippen molar-refractivity contribution in [2.24, 2.45) is 0 Å². The molecule has 0 heterocycles. The Balaban J connectivity index is 3.67. The van der Waals surface area contributed by atoms with Crippen LogP contribution in [0.15, 0.2) is 0 Å². The van der Waals surface area contributed by atoms with E-state index >= 15 is 0 Å². The lowest BCUT2D eigenvalue weighted by molar-refractivity contribution is -0.125. The molecule has 0 unspecified atom stereocenters. The molecule has 0 saturated heterocycles. The topological polar surface area (TPSA) is 29.5 Å². The molecular formula is C10H17NO2. The molecule has 0 aliphatic rings. The van der Waals surface area contributed by atoms with Crippen molar-refractivity contribution >= 4 is 5.91 Å². The van der Waals surface area contributed by atoms with Crippen LogP contribution in [0.2, 0.25) is 0 Å². The van der Waals surface area contributed by atoms with Crippen LogP contribution in [0.3, 0.4) is 0 Å². The lowest BCUT2D eigenvalue weighted by atomic mass is 10.2. The summed E-state index contributed by atoms with van der Waals surface area (Å²) in [7, 11) is 1.66. The fraction of sp³-hybridized carbons (Fsp3) is 0.700. The van der Waals surface area contributed by atoms with Gasteiger partial charge in [0.25, 0.3) is 5.91 Å². The molecule has 1 amide bonds. The minimum atomic E-state index is -0.308. The first-order valence-electron chi connectivity index (χ1n) is 4.22. The van der Waals surface area contributed by atoms with Gasteiger partial charge >= 0.3 is 0 Å². The second-order valence-electron chi connectivity index (χ2n) is 3.83. The first-order valence-corrected chi connectivity index (χ1v) is 4.22. The van der Waals surface area contributed by atoms with Crippen molar-refractivity contribution in [1.82, 2.24) is 4.90 Å². The van der Waals surface area contributed by atoms with E-state index in [1.165, 1.54) is 4.90 Å². The van der Waals surface area contributed by atoms with E-state index in [-0.39, 0.29) is 11.5 Å². The van der Waals surface area contributed by atoms with Crippen LogP contribution in [0.1, 0.15) is 20.8 Å². The number of hydrogen-bond donors (Lipinski definition) is 0. The third-order valence-electron chi connectivity index (χ3n) is 1.43. The van der Waals surface area contributed by atoms with Crippen LogP contribution >= 0.6 is 0 Å². The van der Waals surface area contributed by atoms with Gasteiger partial charge in [-0.15, -0.1) is 6.42 Å². The van der Waals surface area contributed by atoms with Gasteiger partial charge in [0, 0.05) is 13.6 Å². The van der Waals surface area contributed by atoms with E-state index in [1.807, 2.05) is 26.7 Å². The van der Waals surface area contributed by atoms with E-state index < -0.39 is 0 Å². The third kappa shape index (κ3) is 6.18. The Morgan fingerprint density at radius 1 is 1.54 bits per heavy atom. The van der Waals surface area contributed by atoms with Gasteiger partial charge < -0.3 is 9.64 Å². The molecule has 0 aromatic carbocycles. The highest BCUT2D eigenvalue weighted by atomic mass is 16.5. The van der Waals surface area contributed by atoms with Crippen LogP contribution in [0.5, 0.6) is 0 Å². The Bertz CT molecular complexity index is 210. The number of likely N-dealkylation sites (N-methyl/N-ethyl adjacent to an activating group) is 1. The van der Waals surface area contributed by atoms with Crippen molar-refractivity contribution in [3.8, 4) is 12.3 Å². The summed E-state index contributed by atoms with van der Waals surface area (Å²) in [5, 5.41) is 0. The number of carbonyl (C=O) groups is 1. The van der Waals surface area contributed by atoms with E-state index in [9.17, 15) is 4.79 Å². The molecule has 74 valence electrons. The highest BCUT2D eigenvalue weighted by molar-refractivity contribution is 5.92. The largest absolute Gasteiger partial charge is 0.374 e. The number of nitrogens with zero attached hydrogens (tertiary/aromatic N) is 1. The summed E-state index contributed by atoms with van der Waals surface area (Å²) >= 11 is 0. The molecule has 3 nitrogen and oxygen atoms in total. The number of amides is 1. The summed E-state index contributed by atoms with van der Waals surface area (Å²) in [6.07, 6.45) is 4.95. The normalized spacial score (nSPS) is 10.7. The van der Waals surface area contributed by atoms with Gasteiger partial charge in [0.1, 0.15) is 0 Å². The van der Waals surface area contributed by atoms with Gasteiger partial charge in [0.05, 0.1) is 12.2 Å². The monoisotopic (exact) mass is 183 g/mol. The number of hydrogen-bond acceptors (Lipinski definition) is 2. The zero-order valence-corrected chi connectivity index (χ0v) is 8.76. The van der Waals surface area contributed by atoms with E-state index in [1.54, 1.807) is 7.05 Å². The Morgan fingerprint density at radius 2 is 2.08 bits per heavy atom. The van der Waals surface area contributed by atoms with E-state index in [2.05, 4.69) is 0 Å².